The largest absolute Gasteiger partial charge is 0.481 e. The molecule has 3 N–H and O–H groups in total. The van der Waals surface area contributed by atoms with E-state index in [1.807, 2.05) is 6.08 Å². The summed E-state index contributed by atoms with van der Waals surface area (Å²) >= 11 is 1.38. The molecule has 4 nitrogen and oxygen atoms in total. The minimum Gasteiger partial charge on any atom is -0.481 e. The Bertz CT molecular complexity index is 572. The minimum absolute atomic E-state index is 0.0995. The maximum absolute atomic E-state index is 10.6. The molecule has 0 spiro atoms. The number of carboxylic acids is 1. The van der Waals surface area contributed by atoms with Crippen LogP contribution in [0.5, 0.6) is 0 Å². The Labute approximate surface area is 154 Å². The first-order chi connectivity index (χ1) is 12.0. The fourth-order valence-electron chi connectivity index (χ4n) is 3.98. The molecule has 0 amide bonds. The summed E-state index contributed by atoms with van der Waals surface area (Å²) in [7, 11) is 0. The molecule has 0 radical (unpaired) electrons. The number of allylic oxidation sites excluding steroid dienone is 2. The number of hydrogen-bond acceptors (Lipinski definition) is 4. The first-order valence-corrected chi connectivity index (χ1v) is 10.0. The number of aliphatic hydroxyl groups is 2. The summed E-state index contributed by atoms with van der Waals surface area (Å²) in [5.41, 5.74) is 0.818. The quantitative estimate of drug-likeness (QED) is 0.267. The summed E-state index contributed by atoms with van der Waals surface area (Å²) in [6, 6.07) is 0. The third-order valence-corrected chi connectivity index (χ3v) is 5.95. The molecular formula is C20H28O4S. The smallest absolute Gasteiger partial charge is 0.303 e. The fraction of sp³-hybridized carbons (Fsp3) is 0.650. The minimum atomic E-state index is -0.739. The van der Waals surface area contributed by atoms with E-state index >= 15 is 0 Å². The van der Waals surface area contributed by atoms with Crippen LogP contribution in [0.1, 0.15) is 45.4 Å². The second-order valence-corrected chi connectivity index (χ2v) is 7.98. The van der Waals surface area contributed by atoms with E-state index in [0.717, 1.165) is 25.7 Å². The Morgan fingerprint density at radius 2 is 2.24 bits per heavy atom. The molecule has 138 valence electrons. The van der Waals surface area contributed by atoms with E-state index in [-0.39, 0.29) is 18.4 Å². The lowest BCUT2D eigenvalue weighted by molar-refractivity contribution is -0.137. The molecule has 0 heterocycles. The van der Waals surface area contributed by atoms with Crippen molar-refractivity contribution >= 4 is 17.7 Å². The van der Waals surface area contributed by atoms with E-state index < -0.39 is 11.4 Å². The summed E-state index contributed by atoms with van der Waals surface area (Å²) in [4.78, 5) is 10.6. The van der Waals surface area contributed by atoms with Gasteiger partial charge in [-0.05, 0) is 56.9 Å². The van der Waals surface area contributed by atoms with Crippen LogP contribution in [0, 0.1) is 29.6 Å². The van der Waals surface area contributed by atoms with Crippen LogP contribution in [-0.4, -0.2) is 38.6 Å². The number of aliphatic carboxylic acids is 1. The van der Waals surface area contributed by atoms with Crippen LogP contribution in [0.2, 0.25) is 0 Å². The lowest BCUT2D eigenvalue weighted by Crippen LogP contribution is -2.17. The van der Waals surface area contributed by atoms with Gasteiger partial charge in [0.1, 0.15) is 5.44 Å². The van der Waals surface area contributed by atoms with Crippen LogP contribution in [-0.2, 0) is 4.79 Å². The van der Waals surface area contributed by atoms with Gasteiger partial charge >= 0.3 is 5.97 Å². The van der Waals surface area contributed by atoms with Gasteiger partial charge in [-0.3, -0.25) is 4.79 Å². The fourth-order valence-corrected chi connectivity index (χ4v) is 4.58. The number of aliphatic hydroxyl groups excluding tert-OH is 2. The number of unbranched alkanes of at least 4 members (excludes halogenated alkanes) is 1. The molecule has 0 aliphatic heterocycles. The molecule has 2 rings (SSSR count). The van der Waals surface area contributed by atoms with Crippen LogP contribution in [0.3, 0.4) is 0 Å². The Kier molecular flexibility index (Phi) is 8.08. The summed E-state index contributed by atoms with van der Waals surface area (Å²) < 4.78 is 0. The maximum Gasteiger partial charge on any atom is 0.303 e. The Balaban J connectivity index is 1.85. The summed E-state index contributed by atoms with van der Waals surface area (Å²) in [6.07, 6.45) is 10.2. The van der Waals surface area contributed by atoms with Crippen LogP contribution in [0.15, 0.2) is 23.8 Å². The third-order valence-electron chi connectivity index (χ3n) is 5.14. The molecule has 25 heavy (non-hydrogen) atoms. The highest BCUT2D eigenvalue weighted by molar-refractivity contribution is 8.00. The van der Waals surface area contributed by atoms with Gasteiger partial charge in [-0.15, -0.1) is 17.7 Å². The van der Waals surface area contributed by atoms with Gasteiger partial charge in [-0.25, -0.2) is 0 Å². The number of carbonyl (C=O) groups is 1. The second-order valence-electron chi connectivity index (χ2n) is 6.87. The molecular weight excluding hydrogens is 336 g/mol. The normalized spacial score (nSPS) is 31.1. The zero-order valence-corrected chi connectivity index (χ0v) is 15.5. The average Bonchev–Trinajstić information content (AvgIpc) is 3.06. The molecule has 0 unspecified atom stereocenters. The van der Waals surface area contributed by atoms with Crippen molar-refractivity contribution < 1.29 is 20.1 Å². The van der Waals surface area contributed by atoms with Gasteiger partial charge in [-0.1, -0.05) is 23.6 Å². The maximum atomic E-state index is 10.6. The molecule has 2 saturated carbocycles. The van der Waals surface area contributed by atoms with Gasteiger partial charge in [0.05, 0.1) is 11.9 Å². The van der Waals surface area contributed by atoms with E-state index in [1.165, 1.54) is 17.3 Å². The van der Waals surface area contributed by atoms with E-state index in [9.17, 15) is 15.0 Å². The van der Waals surface area contributed by atoms with Crippen molar-refractivity contribution in [1.29, 1.82) is 0 Å². The average molecular weight is 365 g/mol. The molecule has 5 atom stereocenters. The Hall–Kier alpha value is -1.22. The molecule has 0 bridgehead atoms. The molecule has 5 heteroatoms. The van der Waals surface area contributed by atoms with E-state index in [0.29, 0.717) is 24.0 Å². The molecule has 0 aromatic rings. The highest BCUT2D eigenvalue weighted by Crippen LogP contribution is 2.50. The molecule has 2 fully saturated rings. The SMILES string of the molecule is CC#CCS[C@H](O)/C=C/[C@@H]1[C@H]2C/C(=C/CCCC(=O)O)C[C@H]2C[C@H]1O. The van der Waals surface area contributed by atoms with Crippen molar-refractivity contribution in [2.24, 2.45) is 17.8 Å². The summed E-state index contributed by atoms with van der Waals surface area (Å²) in [6.45, 7) is 1.78. The first-order valence-electron chi connectivity index (χ1n) is 8.96. The number of hydrogen-bond donors (Lipinski definition) is 3. The zero-order valence-electron chi connectivity index (χ0n) is 14.7. The number of fused-ring (bicyclic) bond motifs is 1. The third kappa shape index (κ3) is 6.22. The van der Waals surface area contributed by atoms with Crippen LogP contribution in [0.25, 0.3) is 0 Å². The second kappa shape index (κ2) is 10.1. The number of rotatable bonds is 8. The topological polar surface area (TPSA) is 77.8 Å². The van der Waals surface area contributed by atoms with Crippen molar-refractivity contribution in [3.05, 3.63) is 23.8 Å². The van der Waals surface area contributed by atoms with Gasteiger partial charge < -0.3 is 15.3 Å². The van der Waals surface area contributed by atoms with E-state index in [1.54, 1.807) is 13.0 Å². The number of thioether (sulfide) groups is 1. The first kappa shape index (κ1) is 20.1. The van der Waals surface area contributed by atoms with Crippen molar-refractivity contribution in [1.82, 2.24) is 0 Å². The monoisotopic (exact) mass is 364 g/mol. The van der Waals surface area contributed by atoms with Crippen LogP contribution in [0.4, 0.5) is 0 Å². The number of carboxylic acid groups (broad SMARTS) is 1. The molecule has 2 aliphatic rings. The van der Waals surface area contributed by atoms with Gasteiger partial charge in [0.15, 0.2) is 0 Å². The van der Waals surface area contributed by atoms with E-state index in [4.69, 9.17) is 5.11 Å². The summed E-state index contributed by atoms with van der Waals surface area (Å²) in [5, 5.41) is 29.0. The predicted molar refractivity (Wildman–Crippen MR) is 101 cm³/mol. The van der Waals surface area contributed by atoms with Gasteiger partial charge in [-0.2, -0.15) is 0 Å². The van der Waals surface area contributed by atoms with Crippen molar-refractivity contribution in [2.45, 2.75) is 57.0 Å². The Morgan fingerprint density at radius 3 is 2.96 bits per heavy atom. The van der Waals surface area contributed by atoms with Gasteiger partial charge in [0, 0.05) is 12.3 Å². The van der Waals surface area contributed by atoms with Crippen LogP contribution < -0.4 is 0 Å². The lowest BCUT2D eigenvalue weighted by atomic mass is 9.91. The molecule has 0 saturated heterocycles. The molecule has 0 aromatic heterocycles. The molecule has 2 aliphatic carbocycles. The summed E-state index contributed by atoms with van der Waals surface area (Å²) in [5.74, 6) is 6.62. The van der Waals surface area contributed by atoms with E-state index in [2.05, 4.69) is 17.9 Å². The zero-order chi connectivity index (χ0) is 18.2. The lowest BCUT2D eigenvalue weighted by Gasteiger charge is -2.17. The predicted octanol–water partition coefficient (Wildman–Crippen LogP) is 3.21. The highest BCUT2D eigenvalue weighted by Gasteiger charge is 2.44. The Morgan fingerprint density at radius 1 is 1.44 bits per heavy atom. The highest BCUT2D eigenvalue weighted by atomic mass is 32.2. The van der Waals surface area contributed by atoms with Crippen molar-refractivity contribution in [3.8, 4) is 11.8 Å². The standard InChI is InChI=1S/C20H28O4S/c1-2-3-10-25-20(24)9-8-16-17-12-14(6-4-5-7-19(22)23)11-15(17)13-18(16)21/h6,8-9,15-18,20-21,24H,4-5,7,10-13H2,1H3,(H,22,23)/b9-8+,14-6+/t15-,16+,17-,18+,20-/m0/s1. The van der Waals surface area contributed by atoms with Gasteiger partial charge in [0.2, 0.25) is 0 Å². The van der Waals surface area contributed by atoms with Crippen molar-refractivity contribution in [3.63, 3.8) is 0 Å². The molecule has 0 aromatic carbocycles. The van der Waals surface area contributed by atoms with Crippen molar-refractivity contribution in [2.75, 3.05) is 5.75 Å². The van der Waals surface area contributed by atoms with Gasteiger partial charge in [0.25, 0.3) is 0 Å². The van der Waals surface area contributed by atoms with Crippen LogP contribution >= 0.6 is 11.8 Å².